The Hall–Kier alpha value is -2.12. The highest BCUT2D eigenvalue weighted by atomic mass is 32.2. The van der Waals surface area contributed by atoms with E-state index in [1.807, 2.05) is 47.8 Å². The first-order chi connectivity index (χ1) is 12.8. The molecule has 0 radical (unpaired) electrons. The lowest BCUT2D eigenvalue weighted by Crippen LogP contribution is -2.26. The Morgan fingerprint density at radius 3 is 2.81 bits per heavy atom. The van der Waals surface area contributed by atoms with E-state index >= 15 is 0 Å². The van der Waals surface area contributed by atoms with Crippen LogP contribution in [0.3, 0.4) is 0 Å². The predicted molar refractivity (Wildman–Crippen MR) is 105 cm³/mol. The highest BCUT2D eigenvalue weighted by Gasteiger charge is 2.09. The van der Waals surface area contributed by atoms with Crippen LogP contribution >= 0.6 is 23.1 Å². The smallest absolute Gasteiger partial charge is 0.230 e. The number of benzene rings is 1. The van der Waals surface area contributed by atoms with Gasteiger partial charge in [0.15, 0.2) is 0 Å². The SMILES string of the molecule is O=C(CSc1ccccc1)NCCCCCc1nc(-c2cccs2)no1. The number of rotatable bonds is 10. The van der Waals surface area contributed by atoms with Crippen LogP contribution in [0, 0.1) is 0 Å². The Labute approximate surface area is 161 Å². The molecule has 2 aromatic heterocycles. The van der Waals surface area contributed by atoms with E-state index in [2.05, 4.69) is 15.5 Å². The second-order valence-corrected chi connectivity index (χ2v) is 7.75. The van der Waals surface area contributed by atoms with Crippen molar-refractivity contribution in [3.05, 3.63) is 53.7 Å². The monoisotopic (exact) mass is 387 g/mol. The molecule has 1 N–H and O–H groups in total. The number of amides is 1. The van der Waals surface area contributed by atoms with Crippen LogP contribution in [-0.4, -0.2) is 28.3 Å². The van der Waals surface area contributed by atoms with Crippen molar-refractivity contribution in [2.75, 3.05) is 12.3 Å². The lowest BCUT2D eigenvalue weighted by Gasteiger charge is -2.05. The minimum Gasteiger partial charge on any atom is -0.355 e. The van der Waals surface area contributed by atoms with Crippen molar-refractivity contribution in [2.24, 2.45) is 0 Å². The van der Waals surface area contributed by atoms with Crippen molar-refractivity contribution < 1.29 is 9.32 Å². The highest BCUT2D eigenvalue weighted by Crippen LogP contribution is 2.21. The van der Waals surface area contributed by atoms with E-state index in [4.69, 9.17) is 4.52 Å². The van der Waals surface area contributed by atoms with Crippen LogP contribution in [0.5, 0.6) is 0 Å². The summed E-state index contributed by atoms with van der Waals surface area (Å²) in [5.41, 5.74) is 0. The van der Waals surface area contributed by atoms with Crippen LogP contribution in [0.4, 0.5) is 0 Å². The molecule has 3 aromatic rings. The molecule has 26 heavy (non-hydrogen) atoms. The topological polar surface area (TPSA) is 68.0 Å². The minimum absolute atomic E-state index is 0.0799. The second-order valence-electron chi connectivity index (χ2n) is 5.75. The van der Waals surface area contributed by atoms with E-state index in [0.717, 1.165) is 35.5 Å². The molecule has 0 aliphatic heterocycles. The molecule has 1 amide bonds. The number of unbranched alkanes of at least 4 members (excludes halogenated alkanes) is 2. The first-order valence-electron chi connectivity index (χ1n) is 8.62. The van der Waals surface area contributed by atoms with Crippen LogP contribution in [-0.2, 0) is 11.2 Å². The third-order valence-electron chi connectivity index (χ3n) is 3.71. The molecule has 2 heterocycles. The third kappa shape index (κ3) is 6.00. The van der Waals surface area contributed by atoms with Crippen molar-refractivity contribution in [1.82, 2.24) is 15.5 Å². The molecule has 0 saturated heterocycles. The summed E-state index contributed by atoms with van der Waals surface area (Å²) in [6.45, 7) is 0.707. The number of aromatic nitrogens is 2. The van der Waals surface area contributed by atoms with E-state index in [1.54, 1.807) is 23.1 Å². The van der Waals surface area contributed by atoms with Crippen LogP contribution in [0.25, 0.3) is 10.7 Å². The average molecular weight is 388 g/mol. The molecule has 0 fully saturated rings. The van der Waals surface area contributed by atoms with Gasteiger partial charge < -0.3 is 9.84 Å². The Bertz CT molecular complexity index is 788. The number of hydrogen-bond donors (Lipinski definition) is 1. The van der Waals surface area contributed by atoms with Crippen LogP contribution < -0.4 is 5.32 Å². The summed E-state index contributed by atoms with van der Waals surface area (Å²) in [5, 5.41) is 8.97. The summed E-state index contributed by atoms with van der Waals surface area (Å²) in [5.74, 6) is 1.88. The number of hydrogen-bond acceptors (Lipinski definition) is 6. The molecule has 1 aromatic carbocycles. The van der Waals surface area contributed by atoms with Crippen molar-refractivity contribution in [2.45, 2.75) is 30.6 Å². The Morgan fingerprint density at radius 2 is 2.00 bits per heavy atom. The molecule has 7 heteroatoms. The fraction of sp³-hybridized carbons (Fsp3) is 0.316. The molecular weight excluding hydrogens is 366 g/mol. The number of aryl methyl sites for hydroxylation is 1. The molecule has 0 aliphatic carbocycles. The lowest BCUT2D eigenvalue weighted by atomic mass is 10.2. The van der Waals surface area contributed by atoms with Crippen LogP contribution in [0.1, 0.15) is 25.2 Å². The molecule has 0 saturated carbocycles. The molecule has 136 valence electrons. The standard InChI is InChI=1S/C19H21N3O2S2/c23-17(14-26-15-8-3-1-4-9-15)20-12-6-2-5-11-18-21-19(22-24-18)16-10-7-13-25-16/h1,3-4,7-10,13H,2,5-6,11-12,14H2,(H,20,23). The average Bonchev–Trinajstić information content (AvgIpc) is 3.35. The number of thiophene rings is 1. The van der Waals surface area contributed by atoms with Gasteiger partial charge in [-0.15, -0.1) is 23.1 Å². The maximum atomic E-state index is 11.8. The van der Waals surface area contributed by atoms with E-state index < -0.39 is 0 Å². The zero-order chi connectivity index (χ0) is 18.0. The van der Waals surface area contributed by atoms with Gasteiger partial charge in [-0.1, -0.05) is 35.8 Å². The Morgan fingerprint density at radius 1 is 1.12 bits per heavy atom. The van der Waals surface area contributed by atoms with Gasteiger partial charge in [0.2, 0.25) is 17.6 Å². The lowest BCUT2D eigenvalue weighted by molar-refractivity contribution is -0.118. The fourth-order valence-corrected chi connectivity index (χ4v) is 3.78. The quantitative estimate of drug-likeness (QED) is 0.412. The number of nitrogens with zero attached hydrogens (tertiary/aromatic N) is 2. The van der Waals surface area contributed by atoms with Crippen molar-refractivity contribution in [1.29, 1.82) is 0 Å². The van der Waals surface area contributed by atoms with Gasteiger partial charge in [-0.3, -0.25) is 4.79 Å². The van der Waals surface area contributed by atoms with Gasteiger partial charge in [0.1, 0.15) is 0 Å². The molecule has 3 rings (SSSR count). The molecule has 0 aliphatic rings. The van der Waals surface area contributed by atoms with Crippen molar-refractivity contribution in [3.63, 3.8) is 0 Å². The molecule has 0 bridgehead atoms. The maximum absolute atomic E-state index is 11.8. The van der Waals surface area contributed by atoms with Gasteiger partial charge in [-0.05, 0) is 36.4 Å². The van der Waals surface area contributed by atoms with Gasteiger partial charge in [-0.2, -0.15) is 4.98 Å². The van der Waals surface area contributed by atoms with Crippen molar-refractivity contribution >= 4 is 29.0 Å². The maximum Gasteiger partial charge on any atom is 0.230 e. The summed E-state index contributed by atoms with van der Waals surface area (Å²) in [7, 11) is 0. The molecular formula is C19H21N3O2S2. The summed E-state index contributed by atoms with van der Waals surface area (Å²) >= 11 is 3.16. The third-order valence-corrected chi connectivity index (χ3v) is 5.59. The number of thioether (sulfide) groups is 1. The largest absolute Gasteiger partial charge is 0.355 e. The van der Waals surface area contributed by atoms with E-state index in [-0.39, 0.29) is 5.91 Å². The first-order valence-corrected chi connectivity index (χ1v) is 10.5. The van der Waals surface area contributed by atoms with Gasteiger partial charge in [-0.25, -0.2) is 0 Å². The fourth-order valence-electron chi connectivity index (χ4n) is 2.38. The zero-order valence-corrected chi connectivity index (χ0v) is 16.0. The summed E-state index contributed by atoms with van der Waals surface area (Å²) in [6.07, 6.45) is 3.72. The van der Waals surface area contributed by atoms with Gasteiger partial charge in [0, 0.05) is 17.9 Å². The van der Waals surface area contributed by atoms with Gasteiger partial charge in [0.05, 0.1) is 10.6 Å². The summed E-state index contributed by atoms with van der Waals surface area (Å²) in [6, 6.07) is 13.9. The molecule has 5 nitrogen and oxygen atoms in total. The van der Waals surface area contributed by atoms with Crippen LogP contribution in [0.2, 0.25) is 0 Å². The first kappa shape index (κ1) is 18.7. The van der Waals surface area contributed by atoms with Crippen LogP contribution in [0.15, 0.2) is 57.3 Å². The summed E-state index contributed by atoms with van der Waals surface area (Å²) in [4.78, 5) is 18.4. The summed E-state index contributed by atoms with van der Waals surface area (Å²) < 4.78 is 5.28. The molecule has 0 unspecified atom stereocenters. The molecule has 0 atom stereocenters. The van der Waals surface area contributed by atoms with Gasteiger partial charge in [0.25, 0.3) is 0 Å². The van der Waals surface area contributed by atoms with E-state index in [0.29, 0.717) is 24.0 Å². The number of carbonyl (C=O) groups is 1. The Kier molecular flexibility index (Phi) is 7.27. The predicted octanol–water partition coefficient (Wildman–Crippen LogP) is 4.42. The van der Waals surface area contributed by atoms with E-state index in [9.17, 15) is 4.79 Å². The van der Waals surface area contributed by atoms with E-state index in [1.165, 1.54) is 0 Å². The van der Waals surface area contributed by atoms with Crippen molar-refractivity contribution in [3.8, 4) is 10.7 Å². The normalized spacial score (nSPS) is 10.8. The highest BCUT2D eigenvalue weighted by molar-refractivity contribution is 8.00. The second kappa shape index (κ2) is 10.1. The molecule has 0 spiro atoms. The van der Waals surface area contributed by atoms with Gasteiger partial charge >= 0.3 is 0 Å². The Balaban J connectivity index is 1.25. The minimum atomic E-state index is 0.0799. The number of nitrogens with one attached hydrogen (secondary N) is 1. The zero-order valence-electron chi connectivity index (χ0n) is 14.4. The number of carbonyl (C=O) groups excluding carboxylic acids is 1.